The van der Waals surface area contributed by atoms with E-state index in [0.29, 0.717) is 17.9 Å². The largest absolute Gasteiger partial charge is 0.494 e. The van der Waals surface area contributed by atoms with Crippen LogP contribution >= 0.6 is 0 Å². The van der Waals surface area contributed by atoms with E-state index in [1.165, 1.54) is 32.1 Å². The van der Waals surface area contributed by atoms with Crippen LogP contribution in [-0.4, -0.2) is 19.1 Å². The van der Waals surface area contributed by atoms with Gasteiger partial charge in [0.05, 0.1) is 6.61 Å². The van der Waals surface area contributed by atoms with E-state index in [-0.39, 0.29) is 0 Å². The van der Waals surface area contributed by atoms with Crippen LogP contribution in [0.4, 0.5) is 0 Å². The third-order valence-corrected chi connectivity index (χ3v) is 3.24. The van der Waals surface area contributed by atoms with Gasteiger partial charge >= 0.3 is 0 Å². The van der Waals surface area contributed by atoms with Crippen molar-refractivity contribution in [2.24, 2.45) is 11.5 Å². The third-order valence-electron chi connectivity index (χ3n) is 3.24. The number of carbonyl (C=O) groups excluding carboxylic acids is 1. The molecule has 0 aliphatic rings. The van der Waals surface area contributed by atoms with Crippen LogP contribution in [0.15, 0.2) is 24.3 Å². The van der Waals surface area contributed by atoms with Crippen LogP contribution in [0.1, 0.15) is 55.3 Å². The number of hydrogen-bond acceptors (Lipinski definition) is 3. The predicted molar refractivity (Wildman–Crippen MR) is 81.8 cm³/mol. The smallest absolute Gasteiger partial charge is 0.248 e. The van der Waals surface area contributed by atoms with Crippen molar-refractivity contribution in [1.29, 1.82) is 0 Å². The number of amides is 1. The summed E-state index contributed by atoms with van der Waals surface area (Å²) in [5.41, 5.74) is 11.2. The summed E-state index contributed by atoms with van der Waals surface area (Å²) < 4.78 is 5.62. The molecule has 0 unspecified atom stereocenters. The molecule has 1 rings (SSSR count). The van der Waals surface area contributed by atoms with Crippen LogP contribution in [-0.2, 0) is 0 Å². The molecule has 0 bridgehead atoms. The summed E-state index contributed by atoms with van der Waals surface area (Å²) in [6, 6.07) is 7.01. The molecule has 0 spiro atoms. The monoisotopic (exact) mass is 278 g/mol. The highest BCUT2D eigenvalue weighted by atomic mass is 16.5. The molecule has 0 heterocycles. The van der Waals surface area contributed by atoms with Crippen molar-refractivity contribution in [2.45, 2.75) is 44.9 Å². The van der Waals surface area contributed by atoms with E-state index >= 15 is 0 Å². The van der Waals surface area contributed by atoms with Gasteiger partial charge in [0.25, 0.3) is 0 Å². The second kappa shape index (κ2) is 10.3. The molecular weight excluding hydrogens is 252 g/mol. The average Bonchev–Trinajstić information content (AvgIpc) is 2.46. The second-order valence-electron chi connectivity index (χ2n) is 5.00. The van der Waals surface area contributed by atoms with E-state index in [0.717, 1.165) is 19.4 Å². The number of ether oxygens (including phenoxy) is 1. The molecule has 0 saturated carbocycles. The Morgan fingerprint density at radius 3 is 2.30 bits per heavy atom. The minimum absolute atomic E-state index is 0.423. The first-order chi connectivity index (χ1) is 9.74. The fourth-order valence-electron chi connectivity index (χ4n) is 2.06. The molecule has 1 aromatic carbocycles. The van der Waals surface area contributed by atoms with Crippen LogP contribution in [0, 0.1) is 0 Å². The topological polar surface area (TPSA) is 78.3 Å². The van der Waals surface area contributed by atoms with Crippen molar-refractivity contribution in [1.82, 2.24) is 0 Å². The molecule has 4 heteroatoms. The van der Waals surface area contributed by atoms with Crippen molar-refractivity contribution < 1.29 is 9.53 Å². The molecule has 0 fully saturated rings. The van der Waals surface area contributed by atoms with Crippen molar-refractivity contribution in [3.05, 3.63) is 29.8 Å². The maximum Gasteiger partial charge on any atom is 0.248 e. The van der Waals surface area contributed by atoms with E-state index in [4.69, 9.17) is 16.2 Å². The Hall–Kier alpha value is -1.55. The number of primary amides is 1. The highest BCUT2D eigenvalue weighted by molar-refractivity contribution is 5.93. The lowest BCUT2D eigenvalue weighted by atomic mass is 10.1. The Morgan fingerprint density at radius 1 is 1.00 bits per heavy atom. The summed E-state index contributed by atoms with van der Waals surface area (Å²) in [4.78, 5) is 11.0. The molecule has 1 amide bonds. The van der Waals surface area contributed by atoms with E-state index in [1.54, 1.807) is 18.2 Å². The lowest BCUT2D eigenvalue weighted by Gasteiger charge is -2.07. The number of hydrogen-bond donors (Lipinski definition) is 2. The molecule has 1 aromatic rings. The normalized spacial score (nSPS) is 10.4. The van der Waals surface area contributed by atoms with Gasteiger partial charge in [0.1, 0.15) is 5.75 Å². The van der Waals surface area contributed by atoms with Gasteiger partial charge in [-0.25, -0.2) is 0 Å². The zero-order valence-electron chi connectivity index (χ0n) is 12.1. The highest BCUT2D eigenvalue weighted by Crippen LogP contribution is 2.14. The third kappa shape index (κ3) is 7.14. The van der Waals surface area contributed by atoms with E-state index < -0.39 is 5.91 Å². The molecule has 112 valence electrons. The fraction of sp³-hybridized carbons (Fsp3) is 0.562. The van der Waals surface area contributed by atoms with Gasteiger partial charge < -0.3 is 16.2 Å². The van der Waals surface area contributed by atoms with Crippen molar-refractivity contribution in [3.8, 4) is 5.75 Å². The molecule has 0 aromatic heterocycles. The van der Waals surface area contributed by atoms with Crippen molar-refractivity contribution >= 4 is 5.91 Å². The maximum absolute atomic E-state index is 11.0. The van der Waals surface area contributed by atoms with Gasteiger partial charge in [-0.1, -0.05) is 38.2 Å². The van der Waals surface area contributed by atoms with Gasteiger partial charge in [0, 0.05) is 5.56 Å². The number of unbranched alkanes of at least 4 members (excludes halogenated alkanes) is 6. The summed E-state index contributed by atoms with van der Waals surface area (Å²) in [6.45, 7) is 1.49. The van der Waals surface area contributed by atoms with Crippen LogP contribution in [0.3, 0.4) is 0 Å². The number of carbonyl (C=O) groups is 1. The molecule has 4 N–H and O–H groups in total. The lowest BCUT2D eigenvalue weighted by Crippen LogP contribution is -2.10. The van der Waals surface area contributed by atoms with E-state index in [9.17, 15) is 4.79 Å². The second-order valence-corrected chi connectivity index (χ2v) is 5.00. The molecule has 0 aliphatic heterocycles. The van der Waals surface area contributed by atoms with Crippen LogP contribution in [0.5, 0.6) is 5.75 Å². The molecule has 4 nitrogen and oxygen atoms in total. The SMILES string of the molecule is NCCCCCCCCCOc1cccc(C(N)=O)c1. The number of benzene rings is 1. The highest BCUT2D eigenvalue weighted by Gasteiger charge is 2.01. The van der Waals surface area contributed by atoms with Crippen LogP contribution in [0.25, 0.3) is 0 Å². The van der Waals surface area contributed by atoms with Crippen molar-refractivity contribution in [3.63, 3.8) is 0 Å². The predicted octanol–water partition coefficient (Wildman–Crippen LogP) is 2.85. The Morgan fingerprint density at radius 2 is 1.65 bits per heavy atom. The Labute approximate surface area is 121 Å². The Kier molecular flexibility index (Phi) is 8.47. The van der Waals surface area contributed by atoms with Crippen molar-refractivity contribution in [2.75, 3.05) is 13.2 Å². The molecule has 0 saturated heterocycles. The maximum atomic E-state index is 11.0. The Balaban J connectivity index is 2.06. The first-order valence-corrected chi connectivity index (χ1v) is 7.47. The van der Waals surface area contributed by atoms with Gasteiger partial charge in [-0.2, -0.15) is 0 Å². The first-order valence-electron chi connectivity index (χ1n) is 7.47. The van der Waals surface area contributed by atoms with E-state index in [1.807, 2.05) is 6.07 Å². The van der Waals surface area contributed by atoms with Gasteiger partial charge in [-0.05, 0) is 37.6 Å². The van der Waals surface area contributed by atoms with Gasteiger partial charge in [0.2, 0.25) is 5.91 Å². The number of nitrogens with two attached hydrogens (primary N) is 2. The summed E-state index contributed by atoms with van der Waals surface area (Å²) in [7, 11) is 0. The molecule has 0 aliphatic carbocycles. The summed E-state index contributed by atoms with van der Waals surface area (Å²) >= 11 is 0. The summed E-state index contributed by atoms with van der Waals surface area (Å²) in [5, 5.41) is 0. The van der Waals surface area contributed by atoms with Crippen LogP contribution < -0.4 is 16.2 Å². The standard InChI is InChI=1S/C16H26N2O2/c17-11-6-4-2-1-3-5-7-12-20-15-10-8-9-14(13-15)16(18)19/h8-10,13H,1-7,11-12,17H2,(H2,18,19). The van der Waals surface area contributed by atoms with Gasteiger partial charge in [-0.15, -0.1) is 0 Å². The summed E-state index contributed by atoms with van der Waals surface area (Å²) in [5.74, 6) is 0.289. The number of rotatable bonds is 11. The zero-order chi connectivity index (χ0) is 14.6. The Bertz CT molecular complexity index is 394. The zero-order valence-corrected chi connectivity index (χ0v) is 12.1. The molecule has 0 radical (unpaired) electrons. The van der Waals surface area contributed by atoms with Crippen LogP contribution in [0.2, 0.25) is 0 Å². The molecule has 0 atom stereocenters. The lowest BCUT2D eigenvalue weighted by molar-refractivity contribution is 0.1000. The first kappa shape index (κ1) is 16.5. The summed E-state index contributed by atoms with van der Waals surface area (Å²) in [6.07, 6.45) is 8.40. The van der Waals surface area contributed by atoms with Gasteiger partial charge in [0.15, 0.2) is 0 Å². The fourth-order valence-corrected chi connectivity index (χ4v) is 2.06. The molecular formula is C16H26N2O2. The van der Waals surface area contributed by atoms with E-state index in [2.05, 4.69) is 0 Å². The van der Waals surface area contributed by atoms with Gasteiger partial charge in [-0.3, -0.25) is 4.79 Å². The molecule has 20 heavy (non-hydrogen) atoms. The minimum atomic E-state index is -0.423. The average molecular weight is 278 g/mol. The minimum Gasteiger partial charge on any atom is -0.494 e. The quantitative estimate of drug-likeness (QED) is 0.611.